The third-order valence-electron chi connectivity index (χ3n) is 1.19. The van der Waals surface area contributed by atoms with Crippen molar-refractivity contribution in [2.75, 3.05) is 25.5 Å². The summed E-state index contributed by atoms with van der Waals surface area (Å²) in [6.07, 6.45) is -5.18. The van der Waals surface area contributed by atoms with Gasteiger partial charge in [-0.1, -0.05) is 0 Å². The second-order valence-electron chi connectivity index (χ2n) is 2.23. The Labute approximate surface area is 73.3 Å². The van der Waals surface area contributed by atoms with E-state index in [2.05, 4.69) is 0 Å². The van der Waals surface area contributed by atoms with Gasteiger partial charge in [-0.3, -0.25) is 4.90 Å². The quantitative estimate of drug-likeness (QED) is 0.476. The van der Waals surface area contributed by atoms with E-state index >= 15 is 0 Å². The Kier molecular flexibility index (Phi) is 6.47. The van der Waals surface area contributed by atoms with Gasteiger partial charge in [0, 0.05) is 12.4 Å². The molecule has 0 N–H and O–H groups in total. The van der Waals surface area contributed by atoms with Crippen molar-refractivity contribution in [2.45, 2.75) is 12.9 Å². The molecule has 74 valence electrons. The molecule has 0 heterocycles. The molecule has 0 aromatic heterocycles. The second kappa shape index (κ2) is 6.48. The Hall–Kier alpha value is -0.0300. The highest BCUT2D eigenvalue weighted by molar-refractivity contribution is 6.18. The van der Waals surface area contributed by atoms with Crippen molar-refractivity contribution < 1.29 is 17.6 Å². The fourth-order valence-corrected chi connectivity index (χ4v) is 1.01. The summed E-state index contributed by atoms with van der Waals surface area (Å²) in [6.45, 7) is -1.22. The molecule has 0 aromatic carbocycles. The van der Waals surface area contributed by atoms with Gasteiger partial charge in [0.1, 0.15) is 0 Å². The van der Waals surface area contributed by atoms with Crippen LogP contribution in [0.3, 0.4) is 0 Å². The van der Waals surface area contributed by atoms with Crippen LogP contribution < -0.4 is 0 Å². The summed E-state index contributed by atoms with van der Waals surface area (Å²) in [6, 6.07) is 0. The van der Waals surface area contributed by atoms with E-state index in [1.807, 2.05) is 0 Å². The van der Waals surface area contributed by atoms with E-state index in [1.54, 1.807) is 0 Å². The summed E-state index contributed by atoms with van der Waals surface area (Å²) in [4.78, 5) is 0.947. The average Bonchev–Trinajstić information content (AvgIpc) is 1.84. The molecule has 0 saturated heterocycles. The molecule has 0 unspecified atom stereocenters. The van der Waals surface area contributed by atoms with E-state index < -0.39 is 25.9 Å². The lowest BCUT2D eigenvalue weighted by Gasteiger charge is -2.19. The van der Waals surface area contributed by atoms with Gasteiger partial charge in [0.15, 0.2) is 0 Å². The van der Waals surface area contributed by atoms with Crippen LogP contribution in [0.25, 0.3) is 0 Å². The molecule has 6 heteroatoms. The Balaban J connectivity index is 3.69. The van der Waals surface area contributed by atoms with Gasteiger partial charge in [0.25, 0.3) is 12.9 Å². The predicted molar refractivity (Wildman–Crippen MR) is 39.2 cm³/mol. The first-order valence-corrected chi connectivity index (χ1v) is 3.94. The summed E-state index contributed by atoms with van der Waals surface area (Å²) in [5.74, 6) is 0.0828. The number of alkyl halides is 5. The van der Waals surface area contributed by atoms with E-state index in [9.17, 15) is 17.6 Å². The van der Waals surface area contributed by atoms with Gasteiger partial charge in [-0.15, -0.1) is 11.6 Å². The fourth-order valence-electron chi connectivity index (χ4n) is 0.767. The normalized spacial score (nSPS) is 12.0. The van der Waals surface area contributed by atoms with Gasteiger partial charge in [0.05, 0.1) is 13.1 Å². The molecule has 0 rings (SSSR count). The van der Waals surface area contributed by atoms with Crippen LogP contribution in [-0.2, 0) is 0 Å². The van der Waals surface area contributed by atoms with Gasteiger partial charge in [0.2, 0.25) is 0 Å². The van der Waals surface area contributed by atoms with Crippen molar-refractivity contribution in [1.82, 2.24) is 4.90 Å². The Bertz CT molecular complexity index is 102. The Morgan fingerprint density at radius 3 is 1.67 bits per heavy atom. The van der Waals surface area contributed by atoms with Gasteiger partial charge >= 0.3 is 0 Å². The molecule has 12 heavy (non-hydrogen) atoms. The van der Waals surface area contributed by atoms with Crippen molar-refractivity contribution >= 4 is 11.6 Å². The van der Waals surface area contributed by atoms with Gasteiger partial charge in [-0.05, 0) is 0 Å². The van der Waals surface area contributed by atoms with E-state index in [-0.39, 0.29) is 12.4 Å². The summed E-state index contributed by atoms with van der Waals surface area (Å²) in [5.41, 5.74) is 0. The zero-order chi connectivity index (χ0) is 9.56. The van der Waals surface area contributed by atoms with Crippen LogP contribution in [-0.4, -0.2) is 43.3 Å². The van der Waals surface area contributed by atoms with Crippen molar-refractivity contribution in [3.63, 3.8) is 0 Å². The number of rotatable bonds is 6. The number of halogens is 5. The minimum Gasteiger partial charge on any atom is -0.291 e. The fraction of sp³-hybridized carbons (Fsp3) is 1.00. The molecule has 0 aliphatic heterocycles. The summed E-state index contributed by atoms with van der Waals surface area (Å²) < 4.78 is 46.9. The minimum absolute atomic E-state index is 0.0657. The molecule has 0 amide bonds. The summed E-state index contributed by atoms with van der Waals surface area (Å²) >= 11 is 5.23. The van der Waals surface area contributed by atoms with Crippen LogP contribution in [0, 0.1) is 0 Å². The van der Waals surface area contributed by atoms with Crippen LogP contribution in [0.2, 0.25) is 0 Å². The average molecular weight is 208 g/mol. The van der Waals surface area contributed by atoms with Crippen molar-refractivity contribution in [2.24, 2.45) is 0 Å². The van der Waals surface area contributed by atoms with Crippen molar-refractivity contribution in [3.05, 3.63) is 0 Å². The minimum atomic E-state index is -2.59. The lowest BCUT2D eigenvalue weighted by molar-refractivity contribution is 0.0461. The highest BCUT2D eigenvalue weighted by atomic mass is 35.5. The zero-order valence-electron chi connectivity index (χ0n) is 6.32. The van der Waals surface area contributed by atoms with Crippen LogP contribution in [0.5, 0.6) is 0 Å². The first-order valence-electron chi connectivity index (χ1n) is 3.41. The summed E-state index contributed by atoms with van der Waals surface area (Å²) in [7, 11) is 0. The molecule has 0 saturated carbocycles. The topological polar surface area (TPSA) is 3.24 Å². The van der Waals surface area contributed by atoms with Crippen molar-refractivity contribution in [1.29, 1.82) is 0 Å². The Morgan fingerprint density at radius 1 is 1.00 bits per heavy atom. The van der Waals surface area contributed by atoms with Crippen LogP contribution >= 0.6 is 11.6 Å². The summed E-state index contributed by atoms with van der Waals surface area (Å²) in [5, 5.41) is 0. The highest BCUT2D eigenvalue weighted by Crippen LogP contribution is 2.02. The van der Waals surface area contributed by atoms with Gasteiger partial charge in [-0.2, -0.15) is 0 Å². The maximum atomic E-state index is 11.7. The molecule has 1 nitrogen and oxygen atoms in total. The number of nitrogens with zero attached hydrogens (tertiary/aromatic N) is 1. The molecule has 0 atom stereocenters. The molecule has 0 spiro atoms. The number of hydrogen-bond donors (Lipinski definition) is 0. The maximum absolute atomic E-state index is 11.7. The van der Waals surface area contributed by atoms with Crippen LogP contribution in [0.15, 0.2) is 0 Å². The molecule has 0 aliphatic carbocycles. The zero-order valence-corrected chi connectivity index (χ0v) is 7.08. The SMILES string of the molecule is FC(F)CN(CCCl)CC(F)F. The third kappa shape index (κ3) is 6.67. The molecule has 0 bridgehead atoms. The first-order chi connectivity index (χ1) is 5.56. The molecule has 0 aromatic rings. The highest BCUT2D eigenvalue weighted by Gasteiger charge is 2.15. The molecule has 0 radical (unpaired) electrons. The molecular formula is C6H10ClF4N. The van der Waals surface area contributed by atoms with E-state index in [0.717, 1.165) is 4.90 Å². The Morgan fingerprint density at radius 2 is 1.42 bits per heavy atom. The van der Waals surface area contributed by atoms with E-state index in [4.69, 9.17) is 11.6 Å². The van der Waals surface area contributed by atoms with Crippen molar-refractivity contribution in [3.8, 4) is 0 Å². The smallest absolute Gasteiger partial charge is 0.251 e. The molecule has 0 fully saturated rings. The largest absolute Gasteiger partial charge is 0.291 e. The lowest BCUT2D eigenvalue weighted by Crippen LogP contribution is -2.34. The van der Waals surface area contributed by atoms with Gasteiger partial charge < -0.3 is 0 Å². The molecule has 0 aliphatic rings. The third-order valence-corrected chi connectivity index (χ3v) is 1.36. The standard InChI is InChI=1S/C6H10ClF4N/c7-1-2-12(3-5(8)9)4-6(10)11/h5-6H,1-4H2. The number of hydrogen-bond acceptors (Lipinski definition) is 1. The van der Waals surface area contributed by atoms with Crippen LogP contribution in [0.4, 0.5) is 17.6 Å². The predicted octanol–water partition coefficient (Wildman–Crippen LogP) is 2.06. The van der Waals surface area contributed by atoms with Gasteiger partial charge in [-0.25, -0.2) is 17.6 Å². The van der Waals surface area contributed by atoms with E-state index in [1.165, 1.54) is 0 Å². The maximum Gasteiger partial charge on any atom is 0.251 e. The monoisotopic (exact) mass is 207 g/mol. The van der Waals surface area contributed by atoms with Crippen LogP contribution in [0.1, 0.15) is 0 Å². The lowest BCUT2D eigenvalue weighted by atomic mass is 10.4. The second-order valence-corrected chi connectivity index (χ2v) is 2.61. The van der Waals surface area contributed by atoms with E-state index in [0.29, 0.717) is 0 Å². The molecular weight excluding hydrogens is 198 g/mol. The first kappa shape index (κ1) is 12.0.